The van der Waals surface area contributed by atoms with Gasteiger partial charge in [-0.05, 0) is 57.5 Å². The molecular formula is C13H24N2. The highest BCUT2D eigenvalue weighted by Crippen LogP contribution is 2.46. The van der Waals surface area contributed by atoms with E-state index >= 15 is 0 Å². The predicted octanol–water partition coefficient (Wildman–Crippen LogP) is 1.86. The second kappa shape index (κ2) is 4.06. The third kappa shape index (κ3) is 1.94. The quantitative estimate of drug-likeness (QED) is 0.707. The first-order valence-electron chi connectivity index (χ1n) is 6.80. The van der Waals surface area contributed by atoms with E-state index in [2.05, 4.69) is 17.1 Å². The molecule has 0 spiro atoms. The van der Waals surface area contributed by atoms with E-state index in [9.17, 15) is 0 Å². The van der Waals surface area contributed by atoms with Crippen LogP contribution >= 0.6 is 0 Å². The molecule has 3 rings (SSSR count). The zero-order chi connectivity index (χ0) is 10.3. The Morgan fingerprint density at radius 2 is 2.13 bits per heavy atom. The predicted molar refractivity (Wildman–Crippen MR) is 62.9 cm³/mol. The molecule has 0 amide bonds. The molecule has 2 nitrogen and oxygen atoms in total. The minimum Gasteiger partial charge on any atom is -0.313 e. The lowest BCUT2D eigenvalue weighted by molar-refractivity contribution is 0.142. The van der Waals surface area contributed by atoms with E-state index in [4.69, 9.17) is 0 Å². The van der Waals surface area contributed by atoms with Gasteiger partial charge in [0.25, 0.3) is 0 Å². The van der Waals surface area contributed by atoms with Gasteiger partial charge in [0.05, 0.1) is 0 Å². The number of nitrogens with zero attached hydrogens (tertiary/aromatic N) is 1. The maximum atomic E-state index is 3.60. The first-order chi connectivity index (χ1) is 7.33. The van der Waals surface area contributed by atoms with Crippen LogP contribution in [0.4, 0.5) is 0 Å². The molecule has 1 heterocycles. The second-order valence-electron chi connectivity index (χ2n) is 5.95. The highest BCUT2D eigenvalue weighted by atomic mass is 15.2. The Kier molecular flexibility index (Phi) is 2.73. The third-order valence-corrected chi connectivity index (χ3v) is 4.79. The van der Waals surface area contributed by atoms with E-state index in [1.54, 1.807) is 6.42 Å². The minimum absolute atomic E-state index is 0.701. The van der Waals surface area contributed by atoms with Gasteiger partial charge in [0.15, 0.2) is 0 Å². The van der Waals surface area contributed by atoms with Gasteiger partial charge in [-0.3, -0.25) is 4.90 Å². The lowest BCUT2D eigenvalue weighted by atomic mass is 9.93. The van der Waals surface area contributed by atoms with Gasteiger partial charge < -0.3 is 5.32 Å². The number of nitrogens with one attached hydrogen (secondary N) is 1. The molecule has 86 valence electrons. The van der Waals surface area contributed by atoms with Gasteiger partial charge in [-0.15, -0.1) is 0 Å². The summed E-state index contributed by atoms with van der Waals surface area (Å²) in [6.07, 6.45) is 7.45. The van der Waals surface area contributed by atoms with Crippen LogP contribution in [0.2, 0.25) is 0 Å². The number of rotatable bonds is 1. The van der Waals surface area contributed by atoms with Gasteiger partial charge in [0, 0.05) is 18.6 Å². The molecule has 1 saturated heterocycles. The highest BCUT2D eigenvalue weighted by molar-refractivity contribution is 4.96. The van der Waals surface area contributed by atoms with Crippen molar-refractivity contribution < 1.29 is 0 Å². The van der Waals surface area contributed by atoms with Crippen LogP contribution in [-0.2, 0) is 0 Å². The van der Waals surface area contributed by atoms with Gasteiger partial charge in [0.2, 0.25) is 0 Å². The molecule has 2 saturated carbocycles. The van der Waals surface area contributed by atoms with Crippen LogP contribution < -0.4 is 5.32 Å². The zero-order valence-electron chi connectivity index (χ0n) is 9.91. The van der Waals surface area contributed by atoms with Gasteiger partial charge in [-0.1, -0.05) is 6.42 Å². The van der Waals surface area contributed by atoms with E-state index in [1.807, 2.05) is 0 Å². The summed E-state index contributed by atoms with van der Waals surface area (Å²) >= 11 is 0. The molecule has 15 heavy (non-hydrogen) atoms. The molecule has 4 unspecified atom stereocenters. The Morgan fingerprint density at radius 1 is 1.20 bits per heavy atom. The Labute approximate surface area is 93.4 Å². The molecule has 2 aliphatic carbocycles. The van der Waals surface area contributed by atoms with Crippen molar-refractivity contribution in [3.8, 4) is 0 Å². The topological polar surface area (TPSA) is 15.3 Å². The fourth-order valence-corrected chi connectivity index (χ4v) is 4.10. The summed E-state index contributed by atoms with van der Waals surface area (Å²) in [7, 11) is 0. The molecule has 2 bridgehead atoms. The maximum absolute atomic E-state index is 3.60. The van der Waals surface area contributed by atoms with Crippen LogP contribution in [0.5, 0.6) is 0 Å². The van der Waals surface area contributed by atoms with Crippen molar-refractivity contribution in [1.82, 2.24) is 10.2 Å². The van der Waals surface area contributed by atoms with Crippen molar-refractivity contribution in [2.24, 2.45) is 11.8 Å². The average Bonchev–Trinajstić information content (AvgIpc) is 2.78. The molecule has 3 aliphatic rings. The summed E-state index contributed by atoms with van der Waals surface area (Å²) in [5.41, 5.74) is 0. The molecule has 1 N–H and O–H groups in total. The highest BCUT2D eigenvalue weighted by Gasteiger charge is 2.42. The fourth-order valence-electron chi connectivity index (χ4n) is 4.10. The van der Waals surface area contributed by atoms with E-state index < -0.39 is 0 Å². The third-order valence-electron chi connectivity index (χ3n) is 4.79. The van der Waals surface area contributed by atoms with Gasteiger partial charge >= 0.3 is 0 Å². The molecule has 2 heteroatoms. The summed E-state index contributed by atoms with van der Waals surface area (Å²) in [4.78, 5) is 2.80. The first kappa shape index (κ1) is 10.1. The largest absolute Gasteiger partial charge is 0.313 e. The standard InChI is InChI=1S/C13H24N2/c1-10-9-15(6-2-5-14-10)13-8-11-3-4-12(13)7-11/h10-14H,2-9H2,1H3. The van der Waals surface area contributed by atoms with Gasteiger partial charge in [-0.2, -0.15) is 0 Å². The summed E-state index contributed by atoms with van der Waals surface area (Å²) in [5, 5.41) is 3.60. The van der Waals surface area contributed by atoms with E-state index in [0.29, 0.717) is 6.04 Å². The van der Waals surface area contributed by atoms with Crippen molar-refractivity contribution in [3.05, 3.63) is 0 Å². The van der Waals surface area contributed by atoms with Crippen molar-refractivity contribution in [3.63, 3.8) is 0 Å². The summed E-state index contributed by atoms with van der Waals surface area (Å²) in [6, 6.07) is 1.65. The smallest absolute Gasteiger partial charge is 0.0166 e. The maximum Gasteiger partial charge on any atom is 0.0166 e. The van der Waals surface area contributed by atoms with Crippen LogP contribution in [0, 0.1) is 11.8 Å². The van der Waals surface area contributed by atoms with Crippen LogP contribution in [-0.4, -0.2) is 36.6 Å². The zero-order valence-corrected chi connectivity index (χ0v) is 9.91. The molecular weight excluding hydrogens is 184 g/mol. The molecule has 1 aliphatic heterocycles. The molecule has 0 radical (unpaired) electrons. The minimum atomic E-state index is 0.701. The lowest BCUT2D eigenvalue weighted by Crippen LogP contribution is -2.43. The van der Waals surface area contributed by atoms with Crippen molar-refractivity contribution in [1.29, 1.82) is 0 Å². The van der Waals surface area contributed by atoms with Crippen LogP contribution in [0.3, 0.4) is 0 Å². The van der Waals surface area contributed by atoms with Crippen molar-refractivity contribution in [2.45, 2.75) is 51.1 Å². The van der Waals surface area contributed by atoms with E-state index in [-0.39, 0.29) is 0 Å². The normalized spacial score (nSPS) is 47.0. The fraction of sp³-hybridized carbons (Fsp3) is 1.00. The van der Waals surface area contributed by atoms with Crippen LogP contribution in [0.25, 0.3) is 0 Å². The Morgan fingerprint density at radius 3 is 2.87 bits per heavy atom. The molecule has 4 atom stereocenters. The summed E-state index contributed by atoms with van der Waals surface area (Å²) < 4.78 is 0. The van der Waals surface area contributed by atoms with Gasteiger partial charge in [0.1, 0.15) is 0 Å². The average molecular weight is 208 g/mol. The Balaban J connectivity index is 1.65. The number of hydrogen-bond donors (Lipinski definition) is 1. The van der Waals surface area contributed by atoms with Gasteiger partial charge in [-0.25, -0.2) is 0 Å². The second-order valence-corrected chi connectivity index (χ2v) is 5.95. The van der Waals surface area contributed by atoms with Crippen LogP contribution in [0.1, 0.15) is 39.0 Å². The molecule has 0 aromatic carbocycles. The summed E-state index contributed by atoms with van der Waals surface area (Å²) in [6.45, 7) is 6.18. The monoisotopic (exact) mass is 208 g/mol. The van der Waals surface area contributed by atoms with Crippen LogP contribution in [0.15, 0.2) is 0 Å². The summed E-state index contributed by atoms with van der Waals surface area (Å²) in [5.74, 6) is 2.15. The van der Waals surface area contributed by atoms with Crippen molar-refractivity contribution in [2.75, 3.05) is 19.6 Å². The lowest BCUT2D eigenvalue weighted by Gasteiger charge is -2.34. The number of hydrogen-bond acceptors (Lipinski definition) is 2. The van der Waals surface area contributed by atoms with Crippen molar-refractivity contribution >= 4 is 0 Å². The van der Waals surface area contributed by atoms with E-state index in [1.165, 1.54) is 45.3 Å². The molecule has 0 aromatic heterocycles. The SMILES string of the molecule is CC1CN(C2CC3CCC2C3)CCCN1. The molecule has 3 fully saturated rings. The van der Waals surface area contributed by atoms with E-state index in [0.717, 1.165) is 17.9 Å². The number of fused-ring (bicyclic) bond motifs is 2. The first-order valence-corrected chi connectivity index (χ1v) is 6.80. The molecule has 0 aromatic rings. The Hall–Kier alpha value is -0.0800. The Bertz CT molecular complexity index is 229.